The van der Waals surface area contributed by atoms with Gasteiger partial charge in [0.05, 0.1) is 25.8 Å². The largest absolute Gasteiger partial charge is 0.481 e. The maximum Gasteiger partial charge on any atom is 0.326 e. The van der Waals surface area contributed by atoms with Crippen LogP contribution in [0.2, 0.25) is 0 Å². The molecule has 0 saturated heterocycles. The second-order valence-electron chi connectivity index (χ2n) is 9.00. The van der Waals surface area contributed by atoms with E-state index in [1.807, 2.05) is 6.07 Å². The summed E-state index contributed by atoms with van der Waals surface area (Å²) in [6.45, 7) is -0.836. The highest BCUT2D eigenvalue weighted by atomic mass is 16.4. The third kappa shape index (κ3) is 8.89. The fourth-order valence-electron chi connectivity index (χ4n) is 3.97. The fraction of sp³-hybridized carbons (Fsp3) is 0.320. The number of carboxylic acid groups (broad SMARTS) is 2. The highest BCUT2D eigenvalue weighted by Crippen LogP contribution is 2.19. The Morgan fingerprint density at radius 1 is 0.878 bits per heavy atom. The topological polar surface area (TPSA) is 261 Å². The van der Waals surface area contributed by atoms with E-state index in [0.717, 1.165) is 10.9 Å². The van der Waals surface area contributed by atoms with Gasteiger partial charge in [0, 0.05) is 41.8 Å². The molecule has 0 aliphatic heterocycles. The van der Waals surface area contributed by atoms with Crippen LogP contribution in [0.4, 0.5) is 0 Å². The van der Waals surface area contributed by atoms with Crippen LogP contribution in [0.5, 0.6) is 0 Å². The van der Waals surface area contributed by atoms with Crippen molar-refractivity contribution in [1.29, 1.82) is 0 Å². The highest BCUT2D eigenvalue weighted by Gasteiger charge is 2.31. The van der Waals surface area contributed by atoms with Gasteiger partial charge in [0.15, 0.2) is 0 Å². The minimum Gasteiger partial charge on any atom is -0.481 e. The van der Waals surface area contributed by atoms with Gasteiger partial charge < -0.3 is 47.2 Å². The third-order valence-corrected chi connectivity index (χ3v) is 5.99. The van der Waals surface area contributed by atoms with E-state index in [4.69, 9.17) is 5.73 Å². The van der Waals surface area contributed by atoms with Gasteiger partial charge in [0.2, 0.25) is 23.6 Å². The van der Waals surface area contributed by atoms with E-state index in [1.165, 1.54) is 12.5 Å². The van der Waals surface area contributed by atoms with E-state index in [9.17, 15) is 39.0 Å². The number of nitrogens with one attached hydrogen (secondary N) is 6. The molecule has 4 amide bonds. The van der Waals surface area contributed by atoms with Crippen molar-refractivity contribution in [2.75, 3.05) is 13.1 Å². The van der Waals surface area contributed by atoms with Crippen LogP contribution in [-0.4, -0.2) is 91.9 Å². The van der Waals surface area contributed by atoms with Crippen molar-refractivity contribution in [3.8, 4) is 0 Å². The zero-order chi connectivity index (χ0) is 29.9. The first-order valence-corrected chi connectivity index (χ1v) is 12.4. The zero-order valence-corrected chi connectivity index (χ0v) is 21.7. The Bertz CT molecular complexity index is 1400. The van der Waals surface area contributed by atoms with Gasteiger partial charge in [-0.05, 0) is 11.6 Å². The molecule has 0 radical (unpaired) electrons. The number of H-pyrrole nitrogens is 2. The van der Waals surface area contributed by atoms with E-state index in [0.29, 0.717) is 11.3 Å². The van der Waals surface area contributed by atoms with E-state index in [1.54, 1.807) is 24.4 Å². The highest BCUT2D eigenvalue weighted by molar-refractivity contribution is 5.96. The van der Waals surface area contributed by atoms with Gasteiger partial charge in [0.25, 0.3) is 0 Å². The molecule has 0 spiro atoms. The number of hydrogen-bond donors (Lipinski definition) is 9. The lowest BCUT2D eigenvalue weighted by molar-refractivity contribution is -0.143. The van der Waals surface area contributed by atoms with Crippen molar-refractivity contribution in [3.63, 3.8) is 0 Å². The van der Waals surface area contributed by atoms with E-state index in [-0.39, 0.29) is 19.4 Å². The number of aromatic nitrogens is 3. The SMILES string of the molecule is NCC(=O)NCC(=O)N[C@@H](Cc1c[nH]c2ccccc12)C(=O)N[C@@H](CC(=O)O)C(=O)N[C@@H](Cc1cnc[nH]1)C(=O)O. The lowest BCUT2D eigenvalue weighted by Crippen LogP contribution is -2.57. The Morgan fingerprint density at radius 3 is 2.24 bits per heavy atom. The molecule has 3 atom stereocenters. The van der Waals surface area contributed by atoms with Crippen LogP contribution in [0.25, 0.3) is 10.9 Å². The van der Waals surface area contributed by atoms with Crippen LogP contribution in [0, 0.1) is 0 Å². The third-order valence-electron chi connectivity index (χ3n) is 5.99. The summed E-state index contributed by atoms with van der Waals surface area (Å²) < 4.78 is 0. The lowest BCUT2D eigenvalue weighted by atomic mass is 10.0. The molecule has 0 fully saturated rings. The number of rotatable bonds is 15. The molecule has 0 bridgehead atoms. The van der Waals surface area contributed by atoms with Gasteiger partial charge in [0.1, 0.15) is 18.1 Å². The Labute approximate surface area is 232 Å². The van der Waals surface area contributed by atoms with Gasteiger partial charge in [-0.2, -0.15) is 0 Å². The number of para-hydroxylation sites is 1. The molecule has 1 aromatic carbocycles. The molecule has 2 heterocycles. The van der Waals surface area contributed by atoms with Gasteiger partial charge in [-0.1, -0.05) is 18.2 Å². The number of aromatic amines is 2. The molecular formula is C25H30N8O8. The van der Waals surface area contributed by atoms with Crippen molar-refractivity contribution >= 4 is 46.5 Å². The summed E-state index contributed by atoms with van der Waals surface area (Å²) in [5.41, 5.74) is 7.03. The normalized spacial score (nSPS) is 13.0. The average molecular weight is 571 g/mol. The van der Waals surface area contributed by atoms with Gasteiger partial charge in [-0.3, -0.25) is 24.0 Å². The number of fused-ring (bicyclic) bond motifs is 1. The monoisotopic (exact) mass is 570 g/mol. The van der Waals surface area contributed by atoms with E-state index in [2.05, 4.69) is 36.2 Å². The number of nitrogens with zero attached hydrogens (tertiary/aromatic N) is 1. The summed E-state index contributed by atoms with van der Waals surface area (Å²) >= 11 is 0. The molecule has 0 unspecified atom stereocenters. The van der Waals surface area contributed by atoms with Crippen molar-refractivity contribution in [3.05, 3.63) is 54.2 Å². The number of imidazole rings is 1. The summed E-state index contributed by atoms with van der Waals surface area (Å²) in [6.07, 6.45) is 3.23. The van der Waals surface area contributed by atoms with Gasteiger partial charge in [-0.25, -0.2) is 9.78 Å². The van der Waals surface area contributed by atoms with Crippen LogP contribution in [0.3, 0.4) is 0 Å². The molecule has 0 saturated carbocycles. The summed E-state index contributed by atoms with van der Waals surface area (Å²) in [5, 5.41) is 29.0. The Kier molecular flexibility index (Phi) is 10.5. The quantitative estimate of drug-likeness (QED) is 0.0949. The van der Waals surface area contributed by atoms with E-state index >= 15 is 0 Å². The number of carbonyl (C=O) groups excluding carboxylic acids is 4. The van der Waals surface area contributed by atoms with Crippen molar-refractivity contribution < 1.29 is 39.0 Å². The first kappa shape index (κ1) is 30.3. The van der Waals surface area contributed by atoms with Crippen LogP contribution in [0.15, 0.2) is 43.0 Å². The number of carbonyl (C=O) groups is 6. The molecule has 16 nitrogen and oxygen atoms in total. The number of aliphatic carboxylic acids is 2. The maximum atomic E-state index is 13.4. The number of nitrogens with two attached hydrogens (primary N) is 1. The number of benzene rings is 1. The van der Waals surface area contributed by atoms with Gasteiger partial charge >= 0.3 is 11.9 Å². The number of hydrogen-bond acceptors (Lipinski definition) is 8. The first-order valence-electron chi connectivity index (χ1n) is 12.4. The van der Waals surface area contributed by atoms with Crippen LogP contribution >= 0.6 is 0 Å². The Balaban J connectivity index is 1.79. The summed E-state index contributed by atoms with van der Waals surface area (Å²) in [4.78, 5) is 83.1. The summed E-state index contributed by atoms with van der Waals surface area (Å²) in [6, 6.07) is 2.76. The molecule has 41 heavy (non-hydrogen) atoms. The van der Waals surface area contributed by atoms with Crippen LogP contribution < -0.4 is 27.0 Å². The van der Waals surface area contributed by atoms with Gasteiger partial charge in [-0.15, -0.1) is 0 Å². The molecular weight excluding hydrogens is 540 g/mol. The van der Waals surface area contributed by atoms with Crippen molar-refractivity contribution in [2.45, 2.75) is 37.4 Å². The molecule has 16 heteroatoms. The summed E-state index contributed by atoms with van der Waals surface area (Å²) in [5.74, 6) is -6.13. The molecule has 10 N–H and O–H groups in total. The molecule has 3 rings (SSSR count). The molecule has 2 aromatic heterocycles. The molecule has 218 valence electrons. The van der Waals surface area contributed by atoms with Crippen molar-refractivity contribution in [1.82, 2.24) is 36.2 Å². The average Bonchev–Trinajstić information content (AvgIpc) is 3.60. The Morgan fingerprint density at radius 2 is 1.59 bits per heavy atom. The standard InChI is InChI=1S/C25H30N8O8/c26-8-20(34)29-11-21(35)31-17(5-13-9-28-16-4-2-1-3-15(13)16)23(38)32-18(7-22(36)37)24(39)33-19(25(40)41)6-14-10-27-12-30-14/h1-4,9-10,12,17-19,28H,5-8,11,26H2,(H,27,30)(H,29,34)(H,31,35)(H,32,38)(H,33,39)(H,36,37)(H,40,41)/t17-,18-,19-/m0/s1. The van der Waals surface area contributed by atoms with Crippen molar-refractivity contribution in [2.24, 2.45) is 5.73 Å². The first-order chi connectivity index (χ1) is 19.6. The minimum absolute atomic E-state index is 0.0641. The number of carboxylic acids is 2. The smallest absolute Gasteiger partial charge is 0.326 e. The Hall–Kier alpha value is -5.25. The zero-order valence-electron chi connectivity index (χ0n) is 21.7. The van der Waals surface area contributed by atoms with Crippen LogP contribution in [0.1, 0.15) is 17.7 Å². The molecule has 0 aliphatic carbocycles. The molecule has 0 aliphatic rings. The van der Waals surface area contributed by atoms with Crippen LogP contribution in [-0.2, 0) is 41.6 Å². The predicted molar refractivity (Wildman–Crippen MR) is 142 cm³/mol. The second-order valence-corrected chi connectivity index (χ2v) is 9.00. The molecule has 3 aromatic rings. The number of amides is 4. The fourth-order valence-corrected chi connectivity index (χ4v) is 3.97. The minimum atomic E-state index is -1.68. The summed E-state index contributed by atoms with van der Waals surface area (Å²) in [7, 11) is 0. The van der Waals surface area contributed by atoms with E-state index < -0.39 is 66.7 Å². The predicted octanol–water partition coefficient (Wildman–Crippen LogP) is -2.24. The maximum absolute atomic E-state index is 13.4. The second kappa shape index (κ2) is 14.2. The lowest BCUT2D eigenvalue weighted by Gasteiger charge is -2.24.